The van der Waals surface area contributed by atoms with Gasteiger partial charge in [0, 0.05) is 30.6 Å². The van der Waals surface area contributed by atoms with E-state index in [0.717, 1.165) is 18.4 Å². The summed E-state index contributed by atoms with van der Waals surface area (Å²) in [5, 5.41) is 6.51. The van der Waals surface area contributed by atoms with E-state index in [4.69, 9.17) is 11.6 Å². The summed E-state index contributed by atoms with van der Waals surface area (Å²) in [6.45, 7) is 1.73. The van der Waals surface area contributed by atoms with E-state index in [2.05, 4.69) is 10.6 Å². The van der Waals surface area contributed by atoms with Crippen molar-refractivity contribution in [3.8, 4) is 0 Å². The van der Waals surface area contributed by atoms with Crippen LogP contribution in [0.2, 0.25) is 5.02 Å². The van der Waals surface area contributed by atoms with Gasteiger partial charge in [0.15, 0.2) is 0 Å². The van der Waals surface area contributed by atoms with Gasteiger partial charge < -0.3 is 10.6 Å². The Labute approximate surface area is 111 Å². The van der Waals surface area contributed by atoms with Crippen molar-refractivity contribution in [2.24, 2.45) is 5.92 Å². The van der Waals surface area contributed by atoms with E-state index in [-0.39, 0.29) is 17.6 Å². The summed E-state index contributed by atoms with van der Waals surface area (Å²) in [7, 11) is 0. The molecule has 1 aliphatic carbocycles. The molecule has 0 saturated heterocycles. The second-order valence-corrected chi connectivity index (χ2v) is 4.89. The number of benzene rings is 1. The van der Waals surface area contributed by atoms with Crippen molar-refractivity contribution in [2.75, 3.05) is 13.1 Å². The molecule has 0 aliphatic heterocycles. The standard InChI is InChI=1S/C13H16ClFN2O/c14-12-4-3-11(15)7-10(12)8-16-5-6-17-13(18)9-1-2-9/h3-4,7,9,16H,1-2,5-6,8H2,(H,17,18). The predicted octanol–water partition coefficient (Wildman–Crippen LogP) is 2.09. The predicted molar refractivity (Wildman–Crippen MR) is 68.9 cm³/mol. The van der Waals surface area contributed by atoms with E-state index in [1.807, 2.05) is 0 Å². The first-order valence-electron chi connectivity index (χ1n) is 6.09. The van der Waals surface area contributed by atoms with Crippen LogP contribution < -0.4 is 10.6 Å². The smallest absolute Gasteiger partial charge is 0.223 e. The lowest BCUT2D eigenvalue weighted by Crippen LogP contribution is -2.32. The van der Waals surface area contributed by atoms with Gasteiger partial charge in [-0.05, 0) is 36.6 Å². The number of amides is 1. The van der Waals surface area contributed by atoms with E-state index in [1.165, 1.54) is 12.1 Å². The molecule has 2 N–H and O–H groups in total. The molecule has 1 aromatic rings. The summed E-state index contributed by atoms with van der Waals surface area (Å²) in [4.78, 5) is 11.3. The maximum absolute atomic E-state index is 13.0. The molecular weight excluding hydrogens is 255 g/mol. The average molecular weight is 271 g/mol. The fourth-order valence-corrected chi connectivity index (χ4v) is 1.85. The van der Waals surface area contributed by atoms with E-state index in [1.54, 1.807) is 6.07 Å². The van der Waals surface area contributed by atoms with Crippen molar-refractivity contribution in [1.82, 2.24) is 10.6 Å². The maximum Gasteiger partial charge on any atom is 0.223 e. The van der Waals surface area contributed by atoms with Gasteiger partial charge in [0.25, 0.3) is 0 Å². The Bertz CT molecular complexity index is 435. The molecule has 1 amide bonds. The zero-order valence-corrected chi connectivity index (χ0v) is 10.8. The van der Waals surface area contributed by atoms with Gasteiger partial charge >= 0.3 is 0 Å². The first-order chi connectivity index (χ1) is 8.66. The highest BCUT2D eigenvalue weighted by Gasteiger charge is 2.28. The number of rotatable bonds is 6. The third-order valence-corrected chi connectivity index (χ3v) is 3.24. The second kappa shape index (κ2) is 6.16. The van der Waals surface area contributed by atoms with E-state index >= 15 is 0 Å². The first kappa shape index (κ1) is 13.3. The van der Waals surface area contributed by atoms with E-state index < -0.39 is 0 Å². The second-order valence-electron chi connectivity index (χ2n) is 4.48. The number of carbonyl (C=O) groups is 1. The summed E-state index contributed by atoms with van der Waals surface area (Å²) >= 11 is 5.93. The monoisotopic (exact) mass is 270 g/mol. The molecule has 0 spiro atoms. The molecule has 2 rings (SSSR count). The van der Waals surface area contributed by atoms with Crippen LogP contribution in [-0.2, 0) is 11.3 Å². The minimum atomic E-state index is -0.293. The van der Waals surface area contributed by atoms with Gasteiger partial charge in [-0.1, -0.05) is 11.6 Å². The third-order valence-electron chi connectivity index (χ3n) is 2.87. The minimum absolute atomic E-state index is 0.139. The van der Waals surface area contributed by atoms with Gasteiger partial charge in [-0.3, -0.25) is 4.79 Å². The van der Waals surface area contributed by atoms with Crippen molar-refractivity contribution in [2.45, 2.75) is 19.4 Å². The molecular formula is C13H16ClFN2O. The van der Waals surface area contributed by atoms with Crippen molar-refractivity contribution in [3.63, 3.8) is 0 Å². The lowest BCUT2D eigenvalue weighted by atomic mass is 10.2. The normalized spacial score (nSPS) is 14.6. The highest BCUT2D eigenvalue weighted by atomic mass is 35.5. The van der Waals surface area contributed by atoms with Crippen molar-refractivity contribution in [3.05, 3.63) is 34.6 Å². The molecule has 1 saturated carbocycles. The topological polar surface area (TPSA) is 41.1 Å². The zero-order valence-electron chi connectivity index (χ0n) is 10.0. The minimum Gasteiger partial charge on any atom is -0.355 e. The van der Waals surface area contributed by atoms with Gasteiger partial charge in [-0.15, -0.1) is 0 Å². The molecule has 1 aliphatic rings. The third kappa shape index (κ3) is 3.96. The van der Waals surface area contributed by atoms with Crippen LogP contribution in [0.3, 0.4) is 0 Å². The Morgan fingerprint density at radius 1 is 1.39 bits per heavy atom. The van der Waals surface area contributed by atoms with Crippen LogP contribution in [0.4, 0.5) is 4.39 Å². The van der Waals surface area contributed by atoms with Gasteiger partial charge in [-0.2, -0.15) is 0 Å². The largest absolute Gasteiger partial charge is 0.355 e. The fourth-order valence-electron chi connectivity index (χ4n) is 1.67. The van der Waals surface area contributed by atoms with Crippen LogP contribution in [0.15, 0.2) is 18.2 Å². The van der Waals surface area contributed by atoms with Crippen LogP contribution in [0.1, 0.15) is 18.4 Å². The number of hydrogen-bond acceptors (Lipinski definition) is 2. The molecule has 0 bridgehead atoms. The first-order valence-corrected chi connectivity index (χ1v) is 6.47. The van der Waals surface area contributed by atoms with Crippen molar-refractivity contribution >= 4 is 17.5 Å². The number of carbonyl (C=O) groups excluding carboxylic acids is 1. The van der Waals surface area contributed by atoms with Crippen molar-refractivity contribution in [1.29, 1.82) is 0 Å². The molecule has 1 aromatic carbocycles. The molecule has 0 atom stereocenters. The molecule has 1 fully saturated rings. The highest BCUT2D eigenvalue weighted by Crippen LogP contribution is 2.28. The summed E-state index contributed by atoms with van der Waals surface area (Å²) in [5.74, 6) is 0.0847. The van der Waals surface area contributed by atoms with Gasteiger partial charge in [-0.25, -0.2) is 4.39 Å². The summed E-state index contributed by atoms with van der Waals surface area (Å²) in [6.07, 6.45) is 2.02. The van der Waals surface area contributed by atoms with E-state index in [9.17, 15) is 9.18 Å². The highest BCUT2D eigenvalue weighted by molar-refractivity contribution is 6.31. The summed E-state index contributed by atoms with van der Waals surface area (Å²) in [5.41, 5.74) is 0.727. The number of nitrogens with one attached hydrogen (secondary N) is 2. The van der Waals surface area contributed by atoms with Crippen LogP contribution in [0.25, 0.3) is 0 Å². The number of halogens is 2. The summed E-state index contributed by atoms with van der Waals surface area (Å²) < 4.78 is 13.0. The van der Waals surface area contributed by atoms with Gasteiger partial charge in [0.05, 0.1) is 0 Å². The zero-order chi connectivity index (χ0) is 13.0. The van der Waals surface area contributed by atoms with Crippen LogP contribution in [0, 0.1) is 11.7 Å². The quantitative estimate of drug-likeness (QED) is 0.778. The lowest BCUT2D eigenvalue weighted by Gasteiger charge is -2.08. The fraction of sp³-hybridized carbons (Fsp3) is 0.462. The number of hydrogen-bond donors (Lipinski definition) is 2. The molecule has 18 heavy (non-hydrogen) atoms. The Morgan fingerprint density at radius 2 is 2.17 bits per heavy atom. The molecule has 0 unspecified atom stereocenters. The summed E-state index contributed by atoms with van der Waals surface area (Å²) in [6, 6.07) is 4.29. The molecule has 0 heterocycles. The Hall–Kier alpha value is -1.13. The van der Waals surface area contributed by atoms with Crippen LogP contribution in [0.5, 0.6) is 0 Å². The average Bonchev–Trinajstić information content (AvgIpc) is 3.17. The maximum atomic E-state index is 13.0. The van der Waals surface area contributed by atoms with Gasteiger partial charge in [0.1, 0.15) is 5.82 Å². The molecule has 3 nitrogen and oxygen atoms in total. The molecule has 98 valence electrons. The van der Waals surface area contributed by atoms with Crippen LogP contribution in [-0.4, -0.2) is 19.0 Å². The Morgan fingerprint density at radius 3 is 2.89 bits per heavy atom. The lowest BCUT2D eigenvalue weighted by molar-refractivity contribution is -0.122. The van der Waals surface area contributed by atoms with E-state index in [0.29, 0.717) is 24.7 Å². The Kier molecular flexibility index (Phi) is 4.55. The molecule has 0 radical (unpaired) electrons. The van der Waals surface area contributed by atoms with Crippen molar-refractivity contribution < 1.29 is 9.18 Å². The Balaban J connectivity index is 1.65. The van der Waals surface area contributed by atoms with Gasteiger partial charge in [0.2, 0.25) is 5.91 Å². The molecule has 0 aromatic heterocycles. The molecule has 5 heteroatoms. The SMILES string of the molecule is O=C(NCCNCc1cc(F)ccc1Cl)C1CC1. The van der Waals surface area contributed by atoms with Crippen LogP contribution >= 0.6 is 11.6 Å².